The Morgan fingerprint density at radius 1 is 1.25 bits per heavy atom. The first-order chi connectivity index (χ1) is 9.59. The molecular formula is C13H21N3O3S. The molecule has 1 aromatic rings. The zero-order valence-corrected chi connectivity index (χ0v) is 12.3. The molecule has 0 amide bonds. The first kappa shape index (κ1) is 15.2. The summed E-state index contributed by atoms with van der Waals surface area (Å²) in [6, 6.07) is 1.21. The van der Waals surface area contributed by atoms with E-state index in [9.17, 15) is 13.2 Å². The van der Waals surface area contributed by atoms with Gasteiger partial charge in [-0.05, 0) is 38.9 Å². The van der Waals surface area contributed by atoms with Crippen molar-refractivity contribution in [3.8, 4) is 0 Å². The third-order valence-electron chi connectivity index (χ3n) is 3.47. The van der Waals surface area contributed by atoms with Crippen molar-refractivity contribution in [2.24, 2.45) is 0 Å². The zero-order chi connectivity index (χ0) is 14.4. The Morgan fingerprint density at radius 3 is 2.70 bits per heavy atom. The van der Waals surface area contributed by atoms with Gasteiger partial charge in [-0.25, -0.2) is 13.1 Å². The van der Waals surface area contributed by atoms with E-state index in [4.69, 9.17) is 0 Å². The maximum absolute atomic E-state index is 12.0. The summed E-state index contributed by atoms with van der Waals surface area (Å²) >= 11 is 0. The normalized spacial score (nSPS) is 17.2. The summed E-state index contributed by atoms with van der Waals surface area (Å²) in [5, 5.41) is 0. The van der Waals surface area contributed by atoms with Crippen LogP contribution in [0.1, 0.15) is 25.7 Å². The number of aromatic nitrogens is 1. The summed E-state index contributed by atoms with van der Waals surface area (Å²) < 4.78 is 26.4. The number of pyridine rings is 1. The Hall–Kier alpha value is -1.18. The highest BCUT2D eigenvalue weighted by Gasteiger charge is 2.17. The fourth-order valence-electron chi connectivity index (χ4n) is 2.38. The lowest BCUT2D eigenvalue weighted by atomic mass is 10.1. The smallest absolute Gasteiger partial charge is 0.245 e. The van der Waals surface area contributed by atoms with Crippen molar-refractivity contribution in [3.63, 3.8) is 0 Å². The molecule has 0 atom stereocenters. The van der Waals surface area contributed by atoms with Crippen molar-refractivity contribution in [3.05, 3.63) is 28.7 Å². The number of aromatic amines is 1. The highest BCUT2D eigenvalue weighted by molar-refractivity contribution is 7.89. The van der Waals surface area contributed by atoms with Gasteiger partial charge in [-0.1, -0.05) is 6.42 Å². The van der Waals surface area contributed by atoms with Crippen LogP contribution in [-0.2, 0) is 10.0 Å². The van der Waals surface area contributed by atoms with Crippen molar-refractivity contribution in [2.45, 2.75) is 30.6 Å². The molecule has 0 bridgehead atoms. The second-order valence-electron chi connectivity index (χ2n) is 5.03. The minimum atomic E-state index is -3.71. The minimum absolute atomic E-state index is 0.224. The summed E-state index contributed by atoms with van der Waals surface area (Å²) in [5.74, 6) is 0. The molecule has 2 heterocycles. The molecule has 20 heavy (non-hydrogen) atoms. The summed E-state index contributed by atoms with van der Waals surface area (Å²) in [5.41, 5.74) is -0.493. The highest BCUT2D eigenvalue weighted by Crippen LogP contribution is 2.08. The van der Waals surface area contributed by atoms with Crippen molar-refractivity contribution in [1.29, 1.82) is 0 Å². The number of piperidine rings is 1. The monoisotopic (exact) mass is 299 g/mol. The molecule has 0 spiro atoms. The number of nitrogens with zero attached hydrogens (tertiary/aromatic N) is 1. The fraction of sp³-hybridized carbons (Fsp3) is 0.615. The van der Waals surface area contributed by atoms with Crippen molar-refractivity contribution < 1.29 is 8.42 Å². The first-order valence-electron chi connectivity index (χ1n) is 6.99. The highest BCUT2D eigenvalue weighted by atomic mass is 32.2. The van der Waals surface area contributed by atoms with Crippen LogP contribution < -0.4 is 10.2 Å². The Bertz CT molecular complexity index is 577. The number of nitrogens with one attached hydrogen (secondary N) is 2. The maximum atomic E-state index is 12.0. The van der Waals surface area contributed by atoms with Gasteiger partial charge >= 0.3 is 0 Å². The third-order valence-corrected chi connectivity index (χ3v) is 4.95. The van der Waals surface area contributed by atoms with Crippen LogP contribution in [0, 0.1) is 0 Å². The molecule has 1 aliphatic rings. The number of H-pyrrole nitrogens is 1. The second kappa shape index (κ2) is 7.01. The van der Waals surface area contributed by atoms with Gasteiger partial charge in [-0.2, -0.15) is 0 Å². The molecule has 112 valence electrons. The Labute approximate surface area is 119 Å². The van der Waals surface area contributed by atoms with Gasteiger partial charge in [0.2, 0.25) is 15.5 Å². The summed E-state index contributed by atoms with van der Waals surface area (Å²) in [4.78, 5) is 16.3. The van der Waals surface area contributed by atoms with E-state index in [-0.39, 0.29) is 4.90 Å². The van der Waals surface area contributed by atoms with Gasteiger partial charge in [0.25, 0.3) is 0 Å². The quantitative estimate of drug-likeness (QED) is 0.751. The van der Waals surface area contributed by atoms with Gasteiger partial charge in [0.15, 0.2) is 0 Å². The maximum Gasteiger partial charge on any atom is 0.245 e. The van der Waals surface area contributed by atoms with Crippen LogP contribution in [0.2, 0.25) is 0 Å². The molecule has 2 N–H and O–H groups in total. The molecule has 0 aromatic carbocycles. The molecule has 0 radical (unpaired) electrons. The lowest BCUT2D eigenvalue weighted by Crippen LogP contribution is -2.34. The third kappa shape index (κ3) is 4.16. The van der Waals surface area contributed by atoms with Crippen LogP contribution in [0.5, 0.6) is 0 Å². The van der Waals surface area contributed by atoms with Crippen molar-refractivity contribution in [2.75, 3.05) is 26.2 Å². The van der Waals surface area contributed by atoms with Crippen LogP contribution in [0.3, 0.4) is 0 Å². The largest absolute Gasteiger partial charge is 0.366 e. The zero-order valence-electron chi connectivity index (χ0n) is 11.5. The SMILES string of the molecule is O=c1cc[nH]cc1S(=O)(=O)NCCCN1CCCCC1. The van der Waals surface area contributed by atoms with Gasteiger partial charge in [-0.3, -0.25) is 4.79 Å². The van der Waals surface area contributed by atoms with Crippen molar-refractivity contribution >= 4 is 10.0 Å². The van der Waals surface area contributed by atoms with E-state index in [1.54, 1.807) is 0 Å². The van der Waals surface area contributed by atoms with E-state index >= 15 is 0 Å². The Kier molecular flexibility index (Phi) is 5.33. The van der Waals surface area contributed by atoms with Gasteiger partial charge in [0.1, 0.15) is 4.90 Å². The van der Waals surface area contributed by atoms with Gasteiger partial charge < -0.3 is 9.88 Å². The van der Waals surface area contributed by atoms with Crippen molar-refractivity contribution in [1.82, 2.24) is 14.6 Å². The molecule has 7 heteroatoms. The summed E-state index contributed by atoms with van der Waals surface area (Å²) in [7, 11) is -3.71. The van der Waals surface area contributed by atoms with Gasteiger partial charge in [0.05, 0.1) is 0 Å². The number of rotatable bonds is 6. The average Bonchev–Trinajstić information content (AvgIpc) is 2.45. The molecule has 0 aliphatic carbocycles. The van der Waals surface area contributed by atoms with Crippen LogP contribution in [0.15, 0.2) is 28.2 Å². The second-order valence-corrected chi connectivity index (χ2v) is 6.76. The Morgan fingerprint density at radius 2 is 2.00 bits per heavy atom. The van der Waals surface area contributed by atoms with Crippen LogP contribution in [0.4, 0.5) is 0 Å². The Balaban J connectivity index is 1.81. The average molecular weight is 299 g/mol. The number of likely N-dealkylation sites (tertiary alicyclic amines) is 1. The molecule has 2 rings (SSSR count). The number of hydrogen-bond donors (Lipinski definition) is 2. The summed E-state index contributed by atoms with van der Waals surface area (Å²) in [6.45, 7) is 3.46. The molecule has 0 unspecified atom stereocenters. The van der Waals surface area contributed by atoms with E-state index in [1.807, 2.05) is 0 Å². The summed E-state index contributed by atoms with van der Waals surface area (Å²) in [6.07, 6.45) is 7.13. The minimum Gasteiger partial charge on any atom is -0.366 e. The van der Waals surface area contributed by atoms with Crippen LogP contribution >= 0.6 is 0 Å². The van der Waals surface area contributed by atoms with E-state index in [0.29, 0.717) is 6.54 Å². The van der Waals surface area contributed by atoms with Crippen LogP contribution in [0.25, 0.3) is 0 Å². The molecule has 0 saturated carbocycles. The number of sulfonamides is 1. The molecule has 1 aliphatic heterocycles. The predicted octanol–water partition coefficient (Wildman–Crippen LogP) is 0.529. The lowest BCUT2D eigenvalue weighted by Gasteiger charge is -2.26. The molecule has 1 aromatic heterocycles. The number of hydrogen-bond acceptors (Lipinski definition) is 4. The van der Waals surface area contributed by atoms with E-state index in [2.05, 4.69) is 14.6 Å². The topological polar surface area (TPSA) is 82.3 Å². The molecule has 6 nitrogen and oxygen atoms in total. The van der Waals surface area contributed by atoms with Gasteiger partial charge in [0, 0.05) is 25.0 Å². The lowest BCUT2D eigenvalue weighted by molar-refractivity contribution is 0.227. The predicted molar refractivity (Wildman–Crippen MR) is 77.2 cm³/mol. The first-order valence-corrected chi connectivity index (χ1v) is 8.47. The standard InChI is InChI=1S/C13H21N3O3S/c17-12-5-7-14-11-13(12)20(18,19)15-6-4-10-16-8-2-1-3-9-16/h5,7,11,15H,1-4,6,8-10H2,(H,14,17). The van der Waals surface area contributed by atoms with E-state index in [1.165, 1.54) is 37.7 Å². The molecular weight excluding hydrogens is 278 g/mol. The van der Waals surface area contributed by atoms with E-state index < -0.39 is 15.5 Å². The van der Waals surface area contributed by atoms with Crippen LogP contribution in [-0.4, -0.2) is 44.5 Å². The molecule has 1 saturated heterocycles. The fourth-order valence-corrected chi connectivity index (χ4v) is 3.51. The van der Waals surface area contributed by atoms with Gasteiger partial charge in [-0.15, -0.1) is 0 Å². The molecule has 1 fully saturated rings. The van der Waals surface area contributed by atoms with E-state index in [0.717, 1.165) is 26.1 Å².